The molecule has 0 radical (unpaired) electrons. The molecule has 1 heterocycles. The summed E-state index contributed by atoms with van der Waals surface area (Å²) in [4.78, 5) is 16.1. The van der Waals surface area contributed by atoms with Crippen LogP contribution >= 0.6 is 0 Å². The summed E-state index contributed by atoms with van der Waals surface area (Å²) >= 11 is 0. The molecule has 0 aliphatic carbocycles. The van der Waals surface area contributed by atoms with E-state index in [4.69, 9.17) is 9.47 Å². The molecule has 5 nitrogen and oxygen atoms in total. The quantitative estimate of drug-likeness (QED) is 0.814. The summed E-state index contributed by atoms with van der Waals surface area (Å²) < 4.78 is 10.9. The highest BCUT2D eigenvalue weighted by atomic mass is 16.6. The van der Waals surface area contributed by atoms with Crippen molar-refractivity contribution in [3.05, 3.63) is 35.4 Å². The van der Waals surface area contributed by atoms with E-state index in [2.05, 4.69) is 29.2 Å². The lowest BCUT2D eigenvalue weighted by Crippen LogP contribution is -2.38. The van der Waals surface area contributed by atoms with Crippen molar-refractivity contribution in [1.82, 2.24) is 9.80 Å². The van der Waals surface area contributed by atoms with E-state index in [1.165, 1.54) is 12.0 Å². The summed E-state index contributed by atoms with van der Waals surface area (Å²) in [6.45, 7) is 9.25. The summed E-state index contributed by atoms with van der Waals surface area (Å²) in [5.74, 6) is 0. The van der Waals surface area contributed by atoms with Crippen LogP contribution in [0.2, 0.25) is 0 Å². The summed E-state index contributed by atoms with van der Waals surface area (Å²) in [7, 11) is 3.56. The third-order valence-corrected chi connectivity index (χ3v) is 4.35. The molecule has 0 bridgehead atoms. The van der Waals surface area contributed by atoms with Crippen molar-refractivity contribution in [1.29, 1.82) is 0 Å². The maximum absolute atomic E-state index is 12.0. The van der Waals surface area contributed by atoms with E-state index >= 15 is 0 Å². The molecule has 1 aromatic rings. The molecule has 140 valence electrons. The van der Waals surface area contributed by atoms with Crippen LogP contribution in [0.3, 0.4) is 0 Å². The van der Waals surface area contributed by atoms with Crippen molar-refractivity contribution < 1.29 is 14.3 Å². The maximum Gasteiger partial charge on any atom is 0.410 e. The predicted octanol–water partition coefficient (Wildman–Crippen LogP) is 3.66. The molecule has 1 aliphatic rings. The minimum Gasteiger partial charge on any atom is -0.444 e. The molecule has 1 aliphatic heterocycles. The van der Waals surface area contributed by atoms with Gasteiger partial charge in [0.1, 0.15) is 5.60 Å². The van der Waals surface area contributed by atoms with Crippen LogP contribution < -0.4 is 0 Å². The number of ether oxygens (including phenoxy) is 2. The average molecular weight is 348 g/mol. The van der Waals surface area contributed by atoms with Crippen LogP contribution in [-0.4, -0.2) is 54.8 Å². The van der Waals surface area contributed by atoms with E-state index in [0.29, 0.717) is 12.6 Å². The predicted molar refractivity (Wildman–Crippen MR) is 99.5 cm³/mol. The number of nitrogens with zero attached hydrogens (tertiary/aromatic N) is 2. The first-order chi connectivity index (χ1) is 11.8. The summed E-state index contributed by atoms with van der Waals surface area (Å²) in [6.07, 6.45) is 2.41. The molecule has 0 aromatic heterocycles. The lowest BCUT2D eigenvalue weighted by molar-refractivity contribution is 0.0284. The zero-order chi connectivity index (χ0) is 18.4. The van der Waals surface area contributed by atoms with Gasteiger partial charge in [-0.15, -0.1) is 0 Å². The van der Waals surface area contributed by atoms with Crippen LogP contribution in [0.5, 0.6) is 0 Å². The van der Waals surface area contributed by atoms with Gasteiger partial charge in [0.25, 0.3) is 0 Å². The molecule has 0 unspecified atom stereocenters. The molecule has 2 rings (SSSR count). The van der Waals surface area contributed by atoms with Crippen molar-refractivity contribution >= 4 is 6.09 Å². The van der Waals surface area contributed by atoms with Crippen LogP contribution in [0, 0.1) is 0 Å². The van der Waals surface area contributed by atoms with Gasteiger partial charge in [-0.05, 0) is 51.3 Å². The number of rotatable bonds is 5. The number of amides is 1. The topological polar surface area (TPSA) is 42.0 Å². The van der Waals surface area contributed by atoms with E-state index in [1.54, 1.807) is 19.1 Å². The van der Waals surface area contributed by atoms with Crippen molar-refractivity contribution in [2.24, 2.45) is 0 Å². The van der Waals surface area contributed by atoms with Crippen LogP contribution in [0.25, 0.3) is 0 Å². The Bertz CT molecular complexity index is 551. The van der Waals surface area contributed by atoms with Gasteiger partial charge in [-0.2, -0.15) is 0 Å². The van der Waals surface area contributed by atoms with Gasteiger partial charge in [0.2, 0.25) is 0 Å². The molecule has 5 heteroatoms. The molecule has 1 saturated heterocycles. The minimum atomic E-state index is -0.469. The molecule has 0 N–H and O–H groups in total. The number of methoxy groups -OCH3 is 1. The molecule has 1 fully saturated rings. The molecule has 0 saturated carbocycles. The standard InChI is InChI=1S/C20H32N2O3/c1-20(2,3)25-19(23)21(4)13-16-8-10-17(11-9-16)14-22-12-6-7-18(15-22)24-5/h8-11,18H,6-7,12-15H2,1-5H3/t18-/m1/s1. The Kier molecular flexibility index (Phi) is 6.85. The third kappa shape index (κ3) is 6.67. The number of carbonyl (C=O) groups is 1. The fourth-order valence-corrected chi connectivity index (χ4v) is 3.04. The molecule has 0 spiro atoms. The smallest absolute Gasteiger partial charge is 0.410 e. The van der Waals surface area contributed by atoms with Crippen molar-refractivity contribution in [3.63, 3.8) is 0 Å². The number of likely N-dealkylation sites (tertiary alicyclic amines) is 1. The Labute approximate surface area is 151 Å². The third-order valence-electron chi connectivity index (χ3n) is 4.35. The summed E-state index contributed by atoms with van der Waals surface area (Å²) in [5, 5.41) is 0. The summed E-state index contributed by atoms with van der Waals surface area (Å²) in [6, 6.07) is 8.48. The molecule has 1 atom stereocenters. The zero-order valence-electron chi connectivity index (χ0n) is 16.2. The van der Waals surface area contributed by atoms with Crippen LogP contribution in [-0.2, 0) is 22.6 Å². The highest BCUT2D eigenvalue weighted by molar-refractivity contribution is 5.67. The normalized spacial score (nSPS) is 18.8. The van der Waals surface area contributed by atoms with E-state index < -0.39 is 5.60 Å². The van der Waals surface area contributed by atoms with Crippen LogP contribution in [0.1, 0.15) is 44.7 Å². The van der Waals surface area contributed by atoms with Gasteiger partial charge < -0.3 is 14.4 Å². The maximum atomic E-state index is 12.0. The van der Waals surface area contributed by atoms with E-state index in [-0.39, 0.29) is 6.09 Å². The Balaban J connectivity index is 1.86. The van der Waals surface area contributed by atoms with Gasteiger partial charge in [-0.25, -0.2) is 4.79 Å². The fraction of sp³-hybridized carbons (Fsp3) is 0.650. The number of piperidine rings is 1. The second kappa shape index (κ2) is 8.68. The lowest BCUT2D eigenvalue weighted by Gasteiger charge is -2.31. The van der Waals surface area contributed by atoms with E-state index in [9.17, 15) is 4.79 Å². The van der Waals surface area contributed by atoms with Gasteiger partial charge in [0.05, 0.1) is 6.10 Å². The van der Waals surface area contributed by atoms with Gasteiger partial charge in [0, 0.05) is 33.8 Å². The van der Waals surface area contributed by atoms with Crippen molar-refractivity contribution in [2.75, 3.05) is 27.2 Å². The first kappa shape index (κ1) is 19.7. The largest absolute Gasteiger partial charge is 0.444 e. The van der Waals surface area contributed by atoms with Gasteiger partial charge in [-0.3, -0.25) is 4.90 Å². The second-order valence-corrected chi connectivity index (χ2v) is 7.89. The monoisotopic (exact) mass is 348 g/mol. The first-order valence-electron chi connectivity index (χ1n) is 9.04. The Morgan fingerprint density at radius 3 is 2.48 bits per heavy atom. The minimum absolute atomic E-state index is 0.296. The van der Waals surface area contributed by atoms with Crippen molar-refractivity contribution in [3.8, 4) is 0 Å². The van der Waals surface area contributed by atoms with Gasteiger partial charge >= 0.3 is 6.09 Å². The van der Waals surface area contributed by atoms with Crippen LogP contribution in [0.4, 0.5) is 4.79 Å². The lowest BCUT2D eigenvalue weighted by atomic mass is 10.1. The molecule has 1 aromatic carbocycles. The number of benzene rings is 1. The van der Waals surface area contributed by atoms with Gasteiger partial charge in [0.15, 0.2) is 0 Å². The number of hydrogen-bond donors (Lipinski definition) is 0. The second-order valence-electron chi connectivity index (χ2n) is 7.89. The average Bonchev–Trinajstić information content (AvgIpc) is 2.55. The zero-order valence-corrected chi connectivity index (χ0v) is 16.2. The van der Waals surface area contributed by atoms with Gasteiger partial charge in [-0.1, -0.05) is 24.3 Å². The highest BCUT2D eigenvalue weighted by Crippen LogP contribution is 2.17. The van der Waals surface area contributed by atoms with E-state index in [0.717, 1.165) is 31.6 Å². The van der Waals surface area contributed by atoms with E-state index in [1.807, 2.05) is 20.8 Å². The SMILES string of the molecule is CO[C@@H]1CCCN(Cc2ccc(CN(C)C(=O)OC(C)(C)C)cc2)C1. The molecular formula is C20H32N2O3. The highest BCUT2D eigenvalue weighted by Gasteiger charge is 2.20. The Morgan fingerprint density at radius 1 is 1.24 bits per heavy atom. The molecule has 1 amide bonds. The summed E-state index contributed by atoms with van der Waals surface area (Å²) in [5.41, 5.74) is 1.93. The van der Waals surface area contributed by atoms with Crippen LogP contribution in [0.15, 0.2) is 24.3 Å². The Morgan fingerprint density at radius 2 is 1.88 bits per heavy atom. The Hall–Kier alpha value is -1.59. The fourth-order valence-electron chi connectivity index (χ4n) is 3.04. The number of carbonyl (C=O) groups excluding carboxylic acids is 1. The molecular weight excluding hydrogens is 316 g/mol. The molecule has 25 heavy (non-hydrogen) atoms. The van der Waals surface area contributed by atoms with Crippen molar-refractivity contribution in [2.45, 2.75) is 58.4 Å². The first-order valence-corrected chi connectivity index (χ1v) is 9.04. The number of hydrogen-bond acceptors (Lipinski definition) is 4.